The van der Waals surface area contributed by atoms with Crippen molar-refractivity contribution >= 4 is 11.6 Å². The van der Waals surface area contributed by atoms with Gasteiger partial charge in [-0.2, -0.15) is 0 Å². The summed E-state index contributed by atoms with van der Waals surface area (Å²) >= 11 is 6.09. The molecule has 18 heavy (non-hydrogen) atoms. The lowest BCUT2D eigenvalue weighted by Crippen LogP contribution is -2.33. The molecule has 0 amide bonds. The first-order chi connectivity index (χ1) is 8.74. The van der Waals surface area contributed by atoms with Crippen molar-refractivity contribution in [3.8, 4) is 11.1 Å². The van der Waals surface area contributed by atoms with Gasteiger partial charge in [0.2, 0.25) is 0 Å². The van der Waals surface area contributed by atoms with Crippen molar-refractivity contribution in [2.75, 3.05) is 0 Å². The molecule has 2 heteroatoms. The van der Waals surface area contributed by atoms with Crippen LogP contribution in [0.15, 0.2) is 42.5 Å². The molecule has 0 saturated heterocycles. The van der Waals surface area contributed by atoms with E-state index in [-0.39, 0.29) is 0 Å². The lowest BCUT2D eigenvalue weighted by Gasteiger charge is -2.25. The van der Waals surface area contributed by atoms with Crippen LogP contribution in [0, 0.1) is 0 Å². The molecular formula is C16H16ClN. The number of halogens is 1. The van der Waals surface area contributed by atoms with Crippen molar-refractivity contribution in [1.29, 1.82) is 0 Å². The van der Waals surface area contributed by atoms with Crippen LogP contribution in [0.2, 0.25) is 5.02 Å². The van der Waals surface area contributed by atoms with Gasteiger partial charge in [-0.15, -0.1) is 0 Å². The third kappa shape index (κ3) is 2.16. The van der Waals surface area contributed by atoms with Crippen LogP contribution < -0.4 is 5.32 Å². The van der Waals surface area contributed by atoms with Gasteiger partial charge in [-0.1, -0.05) is 41.9 Å². The Kier molecular flexibility index (Phi) is 3.11. The van der Waals surface area contributed by atoms with Crippen LogP contribution in [0.4, 0.5) is 0 Å². The summed E-state index contributed by atoms with van der Waals surface area (Å²) in [5.41, 5.74) is 5.41. The predicted octanol–water partition coefficient (Wildman–Crippen LogP) is 4.04. The molecule has 1 N–H and O–H groups in total. The van der Waals surface area contributed by atoms with E-state index in [9.17, 15) is 0 Å². The van der Waals surface area contributed by atoms with Gasteiger partial charge in [-0.3, -0.25) is 0 Å². The number of fused-ring (bicyclic) bond motifs is 1. The summed E-state index contributed by atoms with van der Waals surface area (Å²) in [7, 11) is 0. The third-order valence-corrected chi connectivity index (χ3v) is 3.80. The molecule has 1 aliphatic rings. The Morgan fingerprint density at radius 2 is 2.00 bits per heavy atom. The maximum absolute atomic E-state index is 6.09. The summed E-state index contributed by atoms with van der Waals surface area (Å²) in [6, 6.07) is 15.2. The maximum Gasteiger partial charge on any atom is 0.0412 e. The number of hydrogen-bond acceptors (Lipinski definition) is 1. The zero-order valence-corrected chi connectivity index (χ0v) is 11.2. The summed E-state index contributed by atoms with van der Waals surface area (Å²) in [4.78, 5) is 0. The molecule has 92 valence electrons. The minimum absolute atomic E-state index is 0.540. The summed E-state index contributed by atoms with van der Waals surface area (Å²) in [6.07, 6.45) is 1.08. The van der Waals surface area contributed by atoms with Crippen molar-refractivity contribution in [3.05, 3.63) is 58.6 Å². The monoisotopic (exact) mass is 257 g/mol. The summed E-state index contributed by atoms with van der Waals surface area (Å²) < 4.78 is 0. The van der Waals surface area contributed by atoms with E-state index in [4.69, 9.17) is 11.6 Å². The Labute approximate surface area is 113 Å². The van der Waals surface area contributed by atoms with Crippen molar-refractivity contribution < 1.29 is 0 Å². The first kappa shape index (κ1) is 11.8. The van der Waals surface area contributed by atoms with E-state index >= 15 is 0 Å². The van der Waals surface area contributed by atoms with E-state index in [1.54, 1.807) is 0 Å². The quantitative estimate of drug-likeness (QED) is 0.813. The minimum Gasteiger partial charge on any atom is -0.310 e. The number of benzene rings is 2. The lowest BCUT2D eigenvalue weighted by molar-refractivity contribution is 0.514. The molecule has 0 saturated carbocycles. The molecule has 1 unspecified atom stereocenters. The number of nitrogens with one attached hydrogen (secondary N) is 1. The second kappa shape index (κ2) is 4.75. The molecular weight excluding hydrogens is 242 g/mol. The third-order valence-electron chi connectivity index (χ3n) is 3.56. The zero-order chi connectivity index (χ0) is 12.5. The van der Waals surface area contributed by atoms with Gasteiger partial charge < -0.3 is 5.32 Å². The highest BCUT2D eigenvalue weighted by molar-refractivity contribution is 6.30. The summed E-state index contributed by atoms with van der Waals surface area (Å²) in [5, 5.41) is 4.30. The molecule has 1 heterocycles. The molecule has 0 radical (unpaired) electrons. The van der Waals surface area contributed by atoms with Crippen molar-refractivity contribution in [1.82, 2.24) is 5.32 Å². The Morgan fingerprint density at radius 1 is 1.17 bits per heavy atom. The van der Waals surface area contributed by atoms with E-state index in [2.05, 4.69) is 36.5 Å². The highest BCUT2D eigenvalue weighted by atomic mass is 35.5. The van der Waals surface area contributed by atoms with Crippen LogP contribution in [-0.4, -0.2) is 6.04 Å². The van der Waals surface area contributed by atoms with Gasteiger partial charge in [-0.25, -0.2) is 0 Å². The molecule has 0 bridgehead atoms. The van der Waals surface area contributed by atoms with Crippen LogP contribution in [0.5, 0.6) is 0 Å². The second-order valence-electron chi connectivity index (χ2n) is 4.94. The van der Waals surface area contributed by atoms with Crippen LogP contribution in [0.3, 0.4) is 0 Å². The Hall–Kier alpha value is -1.31. The van der Waals surface area contributed by atoms with Gasteiger partial charge >= 0.3 is 0 Å². The Balaban J connectivity index is 2.13. The van der Waals surface area contributed by atoms with E-state index in [1.165, 1.54) is 22.3 Å². The van der Waals surface area contributed by atoms with Gasteiger partial charge in [0, 0.05) is 17.6 Å². The van der Waals surface area contributed by atoms with Gasteiger partial charge in [0.1, 0.15) is 0 Å². The van der Waals surface area contributed by atoms with Crippen LogP contribution in [-0.2, 0) is 13.0 Å². The van der Waals surface area contributed by atoms with Crippen LogP contribution in [0.25, 0.3) is 11.1 Å². The van der Waals surface area contributed by atoms with Crippen molar-refractivity contribution in [2.24, 2.45) is 0 Å². The molecule has 2 aromatic carbocycles. The largest absolute Gasteiger partial charge is 0.310 e. The number of hydrogen-bond donors (Lipinski definition) is 1. The standard InChI is InChI=1S/C16H16ClN/c1-11-8-16-13(10-18-11)5-3-7-15(16)12-4-2-6-14(17)9-12/h2-7,9,11,18H,8,10H2,1H3. The Morgan fingerprint density at radius 3 is 2.83 bits per heavy atom. The highest BCUT2D eigenvalue weighted by Gasteiger charge is 2.17. The topological polar surface area (TPSA) is 12.0 Å². The van der Waals surface area contributed by atoms with Gasteiger partial charge in [-0.05, 0) is 47.7 Å². The number of rotatable bonds is 1. The van der Waals surface area contributed by atoms with E-state index in [1.807, 2.05) is 18.2 Å². The molecule has 1 nitrogen and oxygen atoms in total. The predicted molar refractivity (Wildman–Crippen MR) is 76.9 cm³/mol. The first-order valence-electron chi connectivity index (χ1n) is 6.34. The molecule has 0 fully saturated rings. The Bertz CT molecular complexity index is 577. The van der Waals surface area contributed by atoms with Crippen LogP contribution >= 0.6 is 11.6 Å². The lowest BCUT2D eigenvalue weighted by atomic mass is 9.89. The summed E-state index contributed by atoms with van der Waals surface area (Å²) in [6.45, 7) is 3.20. The second-order valence-corrected chi connectivity index (χ2v) is 5.38. The van der Waals surface area contributed by atoms with Gasteiger partial charge in [0.25, 0.3) is 0 Å². The molecule has 0 aliphatic carbocycles. The zero-order valence-electron chi connectivity index (χ0n) is 10.4. The fourth-order valence-corrected chi connectivity index (χ4v) is 2.82. The maximum atomic E-state index is 6.09. The van der Waals surface area contributed by atoms with Crippen LogP contribution in [0.1, 0.15) is 18.1 Å². The minimum atomic E-state index is 0.540. The van der Waals surface area contributed by atoms with Crippen molar-refractivity contribution in [2.45, 2.75) is 25.9 Å². The van der Waals surface area contributed by atoms with Crippen molar-refractivity contribution in [3.63, 3.8) is 0 Å². The molecule has 0 spiro atoms. The summed E-state index contributed by atoms with van der Waals surface area (Å²) in [5.74, 6) is 0. The fourth-order valence-electron chi connectivity index (χ4n) is 2.63. The average Bonchev–Trinajstić information content (AvgIpc) is 2.38. The highest BCUT2D eigenvalue weighted by Crippen LogP contribution is 2.30. The van der Waals surface area contributed by atoms with E-state index in [0.29, 0.717) is 6.04 Å². The molecule has 1 aliphatic heterocycles. The molecule has 2 aromatic rings. The first-order valence-corrected chi connectivity index (χ1v) is 6.72. The van der Waals surface area contributed by atoms with E-state index < -0.39 is 0 Å². The average molecular weight is 258 g/mol. The van der Waals surface area contributed by atoms with Gasteiger partial charge in [0.15, 0.2) is 0 Å². The molecule has 3 rings (SSSR count). The molecule has 0 aromatic heterocycles. The fraction of sp³-hybridized carbons (Fsp3) is 0.250. The molecule has 1 atom stereocenters. The smallest absolute Gasteiger partial charge is 0.0412 e. The SMILES string of the molecule is CC1Cc2c(cccc2-c2cccc(Cl)c2)CN1. The van der Waals surface area contributed by atoms with E-state index in [0.717, 1.165) is 18.0 Å². The van der Waals surface area contributed by atoms with Gasteiger partial charge in [0.05, 0.1) is 0 Å². The normalized spacial score (nSPS) is 18.4.